The first-order valence-corrected chi connectivity index (χ1v) is 6.79. The number of nitrogens with one attached hydrogen (secondary N) is 1. The monoisotopic (exact) mass is 294 g/mol. The highest BCUT2D eigenvalue weighted by atomic mass is 16.6. The molecule has 0 radical (unpaired) electrons. The van der Waals surface area contributed by atoms with E-state index in [0.29, 0.717) is 17.8 Å². The van der Waals surface area contributed by atoms with Gasteiger partial charge in [0.1, 0.15) is 5.69 Å². The predicted octanol–water partition coefficient (Wildman–Crippen LogP) is 1.66. The van der Waals surface area contributed by atoms with Crippen molar-refractivity contribution in [2.75, 3.05) is 46.1 Å². The maximum Gasteiger partial charge on any atom is 0.293 e. The Hall–Kier alpha value is -2.15. The molecule has 0 aliphatic heterocycles. The van der Waals surface area contributed by atoms with Crippen LogP contribution in [0.4, 0.5) is 11.4 Å². The molecule has 7 nitrogen and oxygen atoms in total. The molecule has 0 atom stereocenters. The van der Waals surface area contributed by atoms with Crippen molar-refractivity contribution in [2.24, 2.45) is 0 Å². The summed E-state index contributed by atoms with van der Waals surface area (Å²) in [4.78, 5) is 26.0. The molecular weight excluding hydrogens is 272 g/mol. The van der Waals surface area contributed by atoms with Crippen LogP contribution in [0.1, 0.15) is 17.3 Å². The van der Waals surface area contributed by atoms with Crippen molar-refractivity contribution in [2.45, 2.75) is 6.92 Å². The van der Waals surface area contributed by atoms with Gasteiger partial charge in [-0.15, -0.1) is 0 Å². The number of anilines is 1. The molecule has 21 heavy (non-hydrogen) atoms. The van der Waals surface area contributed by atoms with Gasteiger partial charge < -0.3 is 15.1 Å². The predicted molar refractivity (Wildman–Crippen MR) is 82.8 cm³/mol. The van der Waals surface area contributed by atoms with Gasteiger partial charge in [-0.1, -0.05) is 6.92 Å². The highest BCUT2D eigenvalue weighted by Gasteiger charge is 2.18. The quantitative estimate of drug-likeness (QED) is 0.611. The first kappa shape index (κ1) is 16.9. The molecule has 7 heteroatoms. The summed E-state index contributed by atoms with van der Waals surface area (Å²) in [5.74, 6) is -0.254. The number of rotatable bonds is 7. The highest BCUT2D eigenvalue weighted by Crippen LogP contribution is 2.25. The Morgan fingerprint density at radius 3 is 2.52 bits per heavy atom. The van der Waals surface area contributed by atoms with E-state index in [-0.39, 0.29) is 11.6 Å². The third kappa shape index (κ3) is 4.71. The molecule has 1 N–H and O–H groups in total. The second-order valence-corrected chi connectivity index (χ2v) is 5.01. The van der Waals surface area contributed by atoms with Gasteiger partial charge in [-0.05, 0) is 25.7 Å². The minimum Gasteiger partial charge on any atom is -0.378 e. The fraction of sp³-hybridized carbons (Fsp3) is 0.500. The number of benzene rings is 1. The Kier molecular flexibility index (Phi) is 6.10. The number of nitrogens with zero attached hydrogens (tertiary/aromatic N) is 3. The van der Waals surface area contributed by atoms with Crippen molar-refractivity contribution in [1.82, 2.24) is 9.80 Å². The van der Waals surface area contributed by atoms with Crippen molar-refractivity contribution >= 4 is 17.3 Å². The number of nitro benzene ring substituents is 1. The van der Waals surface area contributed by atoms with Crippen LogP contribution in [0.3, 0.4) is 0 Å². The molecule has 1 rings (SSSR count). The summed E-state index contributed by atoms with van der Waals surface area (Å²) in [6, 6.07) is 4.50. The van der Waals surface area contributed by atoms with Crippen LogP contribution in [0.15, 0.2) is 18.2 Å². The van der Waals surface area contributed by atoms with Crippen LogP contribution in [0, 0.1) is 10.1 Å². The number of nitro groups is 1. The van der Waals surface area contributed by atoms with E-state index in [1.54, 1.807) is 26.2 Å². The number of carbonyl (C=O) groups is 1. The molecule has 1 amide bonds. The Bertz CT molecular complexity index is 517. The molecule has 0 unspecified atom stereocenters. The maximum absolute atomic E-state index is 11.8. The van der Waals surface area contributed by atoms with Crippen LogP contribution in [-0.4, -0.2) is 61.4 Å². The van der Waals surface area contributed by atoms with Crippen molar-refractivity contribution in [3.8, 4) is 0 Å². The van der Waals surface area contributed by atoms with Gasteiger partial charge in [0.15, 0.2) is 0 Å². The molecule has 0 fully saturated rings. The molecule has 116 valence electrons. The summed E-state index contributed by atoms with van der Waals surface area (Å²) < 4.78 is 0. The van der Waals surface area contributed by atoms with Crippen LogP contribution >= 0.6 is 0 Å². The van der Waals surface area contributed by atoms with E-state index in [4.69, 9.17) is 0 Å². The highest BCUT2D eigenvalue weighted by molar-refractivity contribution is 5.95. The summed E-state index contributed by atoms with van der Waals surface area (Å²) in [5.41, 5.74) is 0.657. The van der Waals surface area contributed by atoms with Crippen molar-refractivity contribution in [3.63, 3.8) is 0 Å². The normalized spacial score (nSPS) is 10.5. The molecule has 0 aliphatic carbocycles. The summed E-state index contributed by atoms with van der Waals surface area (Å²) >= 11 is 0. The van der Waals surface area contributed by atoms with Crippen LogP contribution in [0.2, 0.25) is 0 Å². The smallest absolute Gasteiger partial charge is 0.293 e. The fourth-order valence-corrected chi connectivity index (χ4v) is 1.76. The first-order chi connectivity index (χ1) is 9.86. The molecule has 0 heterocycles. The average molecular weight is 294 g/mol. The molecule has 0 saturated heterocycles. The Labute approximate surface area is 124 Å². The van der Waals surface area contributed by atoms with Crippen LogP contribution in [0.5, 0.6) is 0 Å². The molecule has 0 aliphatic rings. The van der Waals surface area contributed by atoms with E-state index in [1.807, 2.05) is 14.0 Å². The number of carbonyl (C=O) groups excluding carboxylic acids is 1. The van der Waals surface area contributed by atoms with Crippen LogP contribution in [0.25, 0.3) is 0 Å². The molecule has 0 saturated carbocycles. The Morgan fingerprint density at radius 2 is 2.00 bits per heavy atom. The average Bonchev–Trinajstić information content (AvgIpc) is 2.46. The lowest BCUT2D eigenvalue weighted by Crippen LogP contribution is -2.25. The van der Waals surface area contributed by atoms with Gasteiger partial charge in [0, 0.05) is 38.8 Å². The molecule has 0 aromatic heterocycles. The lowest BCUT2D eigenvalue weighted by molar-refractivity contribution is -0.384. The largest absolute Gasteiger partial charge is 0.378 e. The van der Waals surface area contributed by atoms with Gasteiger partial charge in [0.05, 0.1) is 4.92 Å². The number of hydrogen-bond donors (Lipinski definition) is 1. The standard InChI is InChI=1S/C14H22N4O3/c1-5-17(4)9-8-15-12-7-6-11(14(19)16(2)3)10-13(12)18(20)21/h6-7,10,15H,5,8-9H2,1-4H3. The minimum atomic E-state index is -0.474. The van der Waals surface area contributed by atoms with Gasteiger partial charge in [-0.25, -0.2) is 0 Å². The van der Waals surface area contributed by atoms with E-state index in [9.17, 15) is 14.9 Å². The molecule has 1 aromatic rings. The van der Waals surface area contributed by atoms with E-state index < -0.39 is 4.92 Å². The maximum atomic E-state index is 11.8. The van der Waals surface area contributed by atoms with E-state index in [0.717, 1.165) is 13.1 Å². The Balaban J connectivity index is 2.90. The lowest BCUT2D eigenvalue weighted by Gasteiger charge is -2.15. The zero-order valence-corrected chi connectivity index (χ0v) is 12.9. The fourth-order valence-electron chi connectivity index (χ4n) is 1.76. The van der Waals surface area contributed by atoms with Crippen molar-refractivity contribution in [3.05, 3.63) is 33.9 Å². The van der Waals surface area contributed by atoms with Gasteiger partial charge >= 0.3 is 0 Å². The molecule has 0 bridgehead atoms. The van der Waals surface area contributed by atoms with E-state index in [1.165, 1.54) is 11.0 Å². The Morgan fingerprint density at radius 1 is 1.33 bits per heavy atom. The topological polar surface area (TPSA) is 78.7 Å². The van der Waals surface area contributed by atoms with E-state index in [2.05, 4.69) is 10.2 Å². The van der Waals surface area contributed by atoms with Crippen molar-refractivity contribution in [1.29, 1.82) is 0 Å². The van der Waals surface area contributed by atoms with Gasteiger partial charge in [-0.3, -0.25) is 14.9 Å². The summed E-state index contributed by atoms with van der Waals surface area (Å²) in [5, 5.41) is 14.2. The number of hydrogen-bond acceptors (Lipinski definition) is 5. The molecular formula is C14H22N4O3. The third-order valence-corrected chi connectivity index (χ3v) is 3.20. The lowest BCUT2D eigenvalue weighted by atomic mass is 10.1. The molecule has 1 aromatic carbocycles. The van der Waals surface area contributed by atoms with Gasteiger partial charge in [0.2, 0.25) is 0 Å². The van der Waals surface area contributed by atoms with Crippen LogP contribution < -0.4 is 5.32 Å². The van der Waals surface area contributed by atoms with Crippen molar-refractivity contribution < 1.29 is 9.72 Å². The zero-order chi connectivity index (χ0) is 16.0. The third-order valence-electron chi connectivity index (χ3n) is 3.20. The summed E-state index contributed by atoms with van der Waals surface area (Å²) in [6.07, 6.45) is 0. The minimum absolute atomic E-state index is 0.0816. The number of amides is 1. The van der Waals surface area contributed by atoms with Gasteiger partial charge in [0.25, 0.3) is 11.6 Å². The SMILES string of the molecule is CCN(C)CCNc1ccc(C(=O)N(C)C)cc1[N+](=O)[O-]. The number of likely N-dealkylation sites (N-methyl/N-ethyl adjacent to an activating group) is 1. The van der Waals surface area contributed by atoms with Gasteiger partial charge in [-0.2, -0.15) is 0 Å². The van der Waals surface area contributed by atoms with E-state index >= 15 is 0 Å². The summed E-state index contributed by atoms with van der Waals surface area (Å²) in [7, 11) is 5.21. The molecule has 0 spiro atoms. The first-order valence-electron chi connectivity index (χ1n) is 6.79. The second kappa shape index (κ2) is 7.58. The second-order valence-electron chi connectivity index (χ2n) is 5.01. The summed E-state index contributed by atoms with van der Waals surface area (Å²) in [6.45, 7) is 4.35. The zero-order valence-electron chi connectivity index (χ0n) is 12.9. The van der Waals surface area contributed by atoms with Crippen LogP contribution in [-0.2, 0) is 0 Å².